The predicted octanol–water partition coefficient (Wildman–Crippen LogP) is 5.55. The van der Waals surface area contributed by atoms with Gasteiger partial charge >= 0.3 is 0 Å². The molecule has 0 radical (unpaired) electrons. The number of benzene rings is 2. The highest BCUT2D eigenvalue weighted by molar-refractivity contribution is 5.88. The van der Waals surface area contributed by atoms with E-state index in [9.17, 15) is 0 Å². The average Bonchev–Trinajstić information content (AvgIpc) is 2.96. The van der Waals surface area contributed by atoms with Crippen molar-refractivity contribution in [3.8, 4) is 17.1 Å². The number of ether oxygens (including phenoxy) is 1. The van der Waals surface area contributed by atoms with Gasteiger partial charge in [0, 0.05) is 12.1 Å². The number of aryl methyl sites for hydroxylation is 2. The van der Waals surface area contributed by atoms with Crippen LogP contribution in [0.1, 0.15) is 44.2 Å². The summed E-state index contributed by atoms with van der Waals surface area (Å²) in [4.78, 5) is 4.97. The Balaban J connectivity index is 2.23. The summed E-state index contributed by atoms with van der Waals surface area (Å²) in [6.45, 7) is 9.67. The minimum Gasteiger partial charge on any atom is -0.494 e. The fourth-order valence-electron chi connectivity index (χ4n) is 3.18. The summed E-state index contributed by atoms with van der Waals surface area (Å²) in [6.07, 6.45) is 1.06. The fourth-order valence-corrected chi connectivity index (χ4v) is 3.18. The molecule has 0 bridgehead atoms. The average molecular weight is 322 g/mol. The molecule has 3 aromatic rings. The zero-order valence-electron chi connectivity index (χ0n) is 15.3. The van der Waals surface area contributed by atoms with Gasteiger partial charge in [0.1, 0.15) is 17.1 Å². The molecule has 0 aliphatic rings. The third-order valence-corrected chi connectivity index (χ3v) is 4.56. The van der Waals surface area contributed by atoms with Gasteiger partial charge in [-0.25, -0.2) is 4.98 Å². The Labute approximate surface area is 144 Å². The molecule has 0 N–H and O–H groups in total. The van der Waals surface area contributed by atoms with Crippen LogP contribution in [0, 0.1) is 6.92 Å². The van der Waals surface area contributed by atoms with E-state index in [1.165, 1.54) is 11.1 Å². The van der Waals surface area contributed by atoms with Crippen LogP contribution in [0.4, 0.5) is 0 Å². The molecule has 2 aromatic carbocycles. The van der Waals surface area contributed by atoms with E-state index in [4.69, 9.17) is 9.72 Å². The van der Waals surface area contributed by atoms with Gasteiger partial charge in [0.25, 0.3) is 0 Å². The first-order valence-electron chi connectivity index (χ1n) is 8.71. The lowest BCUT2D eigenvalue weighted by Crippen LogP contribution is -2.01. The van der Waals surface area contributed by atoms with Crippen molar-refractivity contribution in [1.29, 1.82) is 0 Å². The Bertz CT molecular complexity index is 844. The second kappa shape index (κ2) is 6.68. The Hall–Kier alpha value is -2.29. The topological polar surface area (TPSA) is 27.1 Å². The van der Waals surface area contributed by atoms with E-state index in [2.05, 4.69) is 62.6 Å². The van der Waals surface area contributed by atoms with Crippen molar-refractivity contribution in [2.45, 2.75) is 46.6 Å². The van der Waals surface area contributed by atoms with E-state index in [0.29, 0.717) is 5.92 Å². The third-order valence-electron chi connectivity index (χ3n) is 4.56. The van der Waals surface area contributed by atoms with Gasteiger partial charge in [0.05, 0.1) is 12.6 Å². The number of hydrogen-bond donors (Lipinski definition) is 0. The molecular formula is C21H26N2O. The van der Waals surface area contributed by atoms with Crippen LogP contribution < -0.4 is 4.74 Å². The Morgan fingerprint density at radius 2 is 1.79 bits per heavy atom. The van der Waals surface area contributed by atoms with Crippen molar-refractivity contribution in [2.75, 3.05) is 7.11 Å². The molecule has 126 valence electrons. The molecule has 0 saturated heterocycles. The van der Waals surface area contributed by atoms with Crippen molar-refractivity contribution < 1.29 is 4.74 Å². The zero-order chi connectivity index (χ0) is 17.3. The van der Waals surface area contributed by atoms with E-state index in [0.717, 1.165) is 41.1 Å². The smallest absolute Gasteiger partial charge is 0.144 e. The number of aromatic nitrogens is 2. The minimum atomic E-state index is 0.538. The molecule has 3 rings (SSSR count). The van der Waals surface area contributed by atoms with E-state index in [1.807, 2.05) is 6.07 Å². The SMILES string of the molecule is CCCn1c(-c2ccc(C(C)C)cc2)nc2c(C)ccc(OC)c21. The largest absolute Gasteiger partial charge is 0.494 e. The summed E-state index contributed by atoms with van der Waals surface area (Å²) >= 11 is 0. The summed E-state index contributed by atoms with van der Waals surface area (Å²) in [5.41, 5.74) is 5.82. The first kappa shape index (κ1) is 16.6. The van der Waals surface area contributed by atoms with Gasteiger partial charge < -0.3 is 9.30 Å². The van der Waals surface area contributed by atoms with E-state index in [1.54, 1.807) is 7.11 Å². The lowest BCUT2D eigenvalue weighted by Gasteiger charge is -2.11. The summed E-state index contributed by atoms with van der Waals surface area (Å²) in [6, 6.07) is 12.9. The highest BCUT2D eigenvalue weighted by Gasteiger charge is 2.17. The molecule has 0 atom stereocenters. The van der Waals surface area contributed by atoms with E-state index in [-0.39, 0.29) is 0 Å². The van der Waals surface area contributed by atoms with E-state index >= 15 is 0 Å². The minimum absolute atomic E-state index is 0.538. The molecular weight excluding hydrogens is 296 g/mol. The van der Waals surface area contributed by atoms with Crippen molar-refractivity contribution in [3.63, 3.8) is 0 Å². The maximum atomic E-state index is 5.61. The first-order chi connectivity index (χ1) is 11.6. The second-order valence-corrected chi connectivity index (χ2v) is 6.65. The maximum Gasteiger partial charge on any atom is 0.144 e. The standard InChI is InChI=1S/C21H26N2O/c1-6-13-23-20-18(24-5)12-7-15(4)19(20)22-21(23)17-10-8-16(9-11-17)14(2)3/h7-12,14H,6,13H2,1-5H3. The molecule has 0 saturated carbocycles. The predicted molar refractivity (Wildman–Crippen MR) is 101 cm³/mol. The lowest BCUT2D eigenvalue weighted by atomic mass is 10.0. The third kappa shape index (κ3) is 2.79. The molecule has 0 fully saturated rings. The first-order valence-corrected chi connectivity index (χ1v) is 8.71. The molecule has 0 aliphatic heterocycles. The fraction of sp³-hybridized carbons (Fsp3) is 0.381. The Morgan fingerprint density at radius 3 is 2.38 bits per heavy atom. The van der Waals surface area contributed by atoms with E-state index < -0.39 is 0 Å². The highest BCUT2D eigenvalue weighted by Crippen LogP contribution is 2.33. The molecule has 3 heteroatoms. The van der Waals surface area contributed by atoms with Gasteiger partial charge in [0.15, 0.2) is 0 Å². The lowest BCUT2D eigenvalue weighted by molar-refractivity contribution is 0.417. The van der Waals surface area contributed by atoms with Crippen LogP contribution >= 0.6 is 0 Å². The summed E-state index contributed by atoms with van der Waals surface area (Å²) in [5, 5.41) is 0. The summed E-state index contributed by atoms with van der Waals surface area (Å²) < 4.78 is 7.91. The number of methoxy groups -OCH3 is 1. The number of rotatable bonds is 5. The molecule has 0 amide bonds. The molecule has 1 heterocycles. The Kier molecular flexibility index (Phi) is 4.61. The molecule has 3 nitrogen and oxygen atoms in total. The quantitative estimate of drug-likeness (QED) is 0.615. The van der Waals surface area contributed by atoms with Crippen LogP contribution in [0.15, 0.2) is 36.4 Å². The maximum absolute atomic E-state index is 5.61. The number of fused-ring (bicyclic) bond motifs is 1. The highest BCUT2D eigenvalue weighted by atomic mass is 16.5. The van der Waals surface area contributed by atoms with Gasteiger partial charge in [-0.1, -0.05) is 51.1 Å². The number of nitrogens with zero attached hydrogens (tertiary/aromatic N) is 2. The van der Waals surface area contributed by atoms with Crippen molar-refractivity contribution in [3.05, 3.63) is 47.5 Å². The van der Waals surface area contributed by atoms with Crippen LogP contribution in [0.3, 0.4) is 0 Å². The van der Waals surface area contributed by atoms with Gasteiger partial charge in [-0.15, -0.1) is 0 Å². The molecule has 24 heavy (non-hydrogen) atoms. The molecule has 0 aliphatic carbocycles. The zero-order valence-corrected chi connectivity index (χ0v) is 15.3. The van der Waals surface area contributed by atoms with Crippen molar-refractivity contribution >= 4 is 11.0 Å². The van der Waals surface area contributed by atoms with Crippen LogP contribution in [0.25, 0.3) is 22.4 Å². The molecule has 1 aromatic heterocycles. The van der Waals surface area contributed by atoms with Crippen molar-refractivity contribution in [2.24, 2.45) is 0 Å². The number of imidazole rings is 1. The normalized spacial score (nSPS) is 11.4. The second-order valence-electron chi connectivity index (χ2n) is 6.65. The molecule has 0 unspecified atom stereocenters. The van der Waals surface area contributed by atoms with Crippen LogP contribution in [-0.4, -0.2) is 16.7 Å². The van der Waals surface area contributed by atoms with Gasteiger partial charge in [-0.2, -0.15) is 0 Å². The van der Waals surface area contributed by atoms with Crippen molar-refractivity contribution in [1.82, 2.24) is 9.55 Å². The van der Waals surface area contributed by atoms with Crippen LogP contribution in [0.2, 0.25) is 0 Å². The summed E-state index contributed by atoms with van der Waals surface area (Å²) in [7, 11) is 1.73. The number of hydrogen-bond acceptors (Lipinski definition) is 2. The van der Waals surface area contributed by atoms with Crippen LogP contribution in [0.5, 0.6) is 5.75 Å². The molecule has 0 spiro atoms. The monoisotopic (exact) mass is 322 g/mol. The van der Waals surface area contributed by atoms with Gasteiger partial charge in [-0.05, 0) is 36.5 Å². The Morgan fingerprint density at radius 1 is 1.08 bits per heavy atom. The van der Waals surface area contributed by atoms with Gasteiger partial charge in [-0.3, -0.25) is 0 Å². The summed E-state index contributed by atoms with van der Waals surface area (Å²) in [5.74, 6) is 2.45. The van der Waals surface area contributed by atoms with Crippen LogP contribution in [-0.2, 0) is 6.54 Å². The van der Waals surface area contributed by atoms with Gasteiger partial charge in [0.2, 0.25) is 0 Å².